The highest BCUT2D eigenvalue weighted by atomic mass is 16.2. The van der Waals surface area contributed by atoms with Gasteiger partial charge in [0.25, 0.3) is 0 Å². The van der Waals surface area contributed by atoms with E-state index >= 15 is 0 Å². The lowest BCUT2D eigenvalue weighted by molar-refractivity contribution is -0.134. The molecule has 2 rings (SSSR count). The van der Waals surface area contributed by atoms with E-state index in [1.54, 1.807) is 4.90 Å². The standard InChI is InChI=1S/C16H29N3O2/c1-12-4-6-14(7-5-12)19-11-13(10-15(19)20)16(21)18(3)9-8-17-2/h12-14,17H,4-11H2,1-3H3. The zero-order valence-electron chi connectivity index (χ0n) is 13.6. The number of carbonyl (C=O) groups is 2. The molecule has 5 heteroatoms. The second-order valence-electron chi connectivity index (χ2n) is 6.72. The molecule has 1 aliphatic heterocycles. The lowest BCUT2D eigenvalue weighted by Gasteiger charge is -2.33. The van der Waals surface area contributed by atoms with Gasteiger partial charge in [-0.05, 0) is 38.6 Å². The van der Waals surface area contributed by atoms with E-state index in [-0.39, 0.29) is 17.7 Å². The topological polar surface area (TPSA) is 52.7 Å². The van der Waals surface area contributed by atoms with Crippen LogP contribution in [0.25, 0.3) is 0 Å². The van der Waals surface area contributed by atoms with E-state index in [1.165, 1.54) is 12.8 Å². The van der Waals surface area contributed by atoms with Crippen LogP contribution in [-0.2, 0) is 9.59 Å². The molecule has 0 spiro atoms. The van der Waals surface area contributed by atoms with Crippen LogP contribution >= 0.6 is 0 Å². The molecule has 0 aromatic carbocycles. The van der Waals surface area contributed by atoms with E-state index < -0.39 is 0 Å². The molecule has 1 aliphatic carbocycles. The second-order valence-corrected chi connectivity index (χ2v) is 6.72. The maximum absolute atomic E-state index is 12.4. The second kappa shape index (κ2) is 7.25. The average molecular weight is 295 g/mol. The number of carbonyl (C=O) groups excluding carboxylic acids is 2. The summed E-state index contributed by atoms with van der Waals surface area (Å²) in [5, 5.41) is 3.05. The Morgan fingerprint density at radius 1 is 1.33 bits per heavy atom. The third-order valence-corrected chi connectivity index (χ3v) is 5.01. The molecule has 21 heavy (non-hydrogen) atoms. The molecule has 1 atom stereocenters. The average Bonchev–Trinajstić information content (AvgIpc) is 2.86. The minimum Gasteiger partial charge on any atom is -0.344 e. The van der Waals surface area contributed by atoms with Gasteiger partial charge < -0.3 is 15.1 Å². The number of nitrogens with zero attached hydrogens (tertiary/aromatic N) is 2. The molecule has 0 aromatic heterocycles. The van der Waals surface area contributed by atoms with Crippen molar-refractivity contribution in [3.63, 3.8) is 0 Å². The molecule has 5 nitrogen and oxygen atoms in total. The normalized spacial score (nSPS) is 29.8. The zero-order chi connectivity index (χ0) is 15.4. The molecule has 1 saturated heterocycles. The highest BCUT2D eigenvalue weighted by Gasteiger charge is 2.39. The van der Waals surface area contributed by atoms with Crippen LogP contribution in [0, 0.1) is 11.8 Å². The van der Waals surface area contributed by atoms with Gasteiger partial charge in [0, 0.05) is 39.1 Å². The number of likely N-dealkylation sites (N-methyl/N-ethyl adjacent to an activating group) is 2. The van der Waals surface area contributed by atoms with Crippen molar-refractivity contribution in [2.24, 2.45) is 11.8 Å². The summed E-state index contributed by atoms with van der Waals surface area (Å²) < 4.78 is 0. The van der Waals surface area contributed by atoms with Gasteiger partial charge in [-0.1, -0.05) is 6.92 Å². The maximum atomic E-state index is 12.4. The molecule has 0 aromatic rings. The number of likely N-dealkylation sites (tertiary alicyclic amines) is 1. The van der Waals surface area contributed by atoms with E-state index in [1.807, 2.05) is 19.0 Å². The summed E-state index contributed by atoms with van der Waals surface area (Å²) in [6.07, 6.45) is 5.01. The van der Waals surface area contributed by atoms with Crippen molar-refractivity contribution in [1.82, 2.24) is 15.1 Å². The van der Waals surface area contributed by atoms with Crippen LogP contribution < -0.4 is 5.32 Å². The van der Waals surface area contributed by atoms with Crippen LogP contribution in [0.3, 0.4) is 0 Å². The third-order valence-electron chi connectivity index (χ3n) is 5.01. The van der Waals surface area contributed by atoms with Gasteiger partial charge in [0.1, 0.15) is 0 Å². The summed E-state index contributed by atoms with van der Waals surface area (Å²) >= 11 is 0. The molecule has 120 valence electrons. The van der Waals surface area contributed by atoms with Gasteiger partial charge in [-0.25, -0.2) is 0 Å². The van der Waals surface area contributed by atoms with Crippen molar-refractivity contribution in [1.29, 1.82) is 0 Å². The van der Waals surface area contributed by atoms with Gasteiger partial charge in [0.15, 0.2) is 0 Å². The predicted octanol–water partition coefficient (Wildman–Crippen LogP) is 1.09. The van der Waals surface area contributed by atoms with Crippen molar-refractivity contribution in [3.05, 3.63) is 0 Å². The van der Waals surface area contributed by atoms with Gasteiger partial charge in [-0.15, -0.1) is 0 Å². The number of amides is 2. The molecule has 2 aliphatic rings. The van der Waals surface area contributed by atoms with Crippen LogP contribution in [0.15, 0.2) is 0 Å². The first-order valence-corrected chi connectivity index (χ1v) is 8.22. The Labute approximate surface area is 128 Å². The Balaban J connectivity index is 1.88. The summed E-state index contributed by atoms with van der Waals surface area (Å²) in [6, 6.07) is 0.370. The Bertz CT molecular complexity index is 378. The van der Waals surface area contributed by atoms with E-state index in [4.69, 9.17) is 0 Å². The van der Waals surface area contributed by atoms with E-state index in [0.717, 1.165) is 25.3 Å². The van der Waals surface area contributed by atoms with Crippen LogP contribution in [0.2, 0.25) is 0 Å². The smallest absolute Gasteiger partial charge is 0.227 e. The summed E-state index contributed by atoms with van der Waals surface area (Å²) in [4.78, 5) is 28.4. The SMILES string of the molecule is CNCCN(C)C(=O)C1CC(=O)N(C2CCC(C)CC2)C1. The first-order chi connectivity index (χ1) is 10.0. The van der Waals surface area contributed by atoms with Crippen molar-refractivity contribution in [2.75, 3.05) is 33.7 Å². The lowest BCUT2D eigenvalue weighted by atomic mass is 9.87. The Morgan fingerprint density at radius 3 is 2.62 bits per heavy atom. The van der Waals surface area contributed by atoms with Gasteiger partial charge in [0.2, 0.25) is 11.8 Å². The van der Waals surface area contributed by atoms with Crippen molar-refractivity contribution < 1.29 is 9.59 Å². The highest BCUT2D eigenvalue weighted by molar-refractivity contribution is 5.89. The van der Waals surface area contributed by atoms with E-state index in [9.17, 15) is 9.59 Å². The quantitative estimate of drug-likeness (QED) is 0.826. The van der Waals surface area contributed by atoms with Crippen molar-refractivity contribution >= 4 is 11.8 Å². The molecule has 2 fully saturated rings. The number of hydrogen-bond donors (Lipinski definition) is 1. The summed E-state index contributed by atoms with van der Waals surface area (Å²) in [6.45, 7) is 4.39. The van der Waals surface area contributed by atoms with Gasteiger partial charge in [0.05, 0.1) is 5.92 Å². The fourth-order valence-electron chi connectivity index (χ4n) is 3.51. The third kappa shape index (κ3) is 3.96. The number of hydrogen-bond acceptors (Lipinski definition) is 3. The van der Waals surface area contributed by atoms with Crippen molar-refractivity contribution in [3.8, 4) is 0 Å². The molecular weight excluding hydrogens is 266 g/mol. The number of rotatable bonds is 5. The Hall–Kier alpha value is -1.10. The summed E-state index contributed by atoms with van der Waals surface area (Å²) in [5.41, 5.74) is 0. The summed E-state index contributed by atoms with van der Waals surface area (Å²) in [5.74, 6) is 0.933. The number of nitrogens with one attached hydrogen (secondary N) is 1. The summed E-state index contributed by atoms with van der Waals surface area (Å²) in [7, 11) is 3.71. The fraction of sp³-hybridized carbons (Fsp3) is 0.875. The minimum atomic E-state index is -0.140. The molecule has 1 saturated carbocycles. The van der Waals surface area contributed by atoms with Crippen LogP contribution in [0.4, 0.5) is 0 Å². The highest BCUT2D eigenvalue weighted by Crippen LogP contribution is 2.31. The van der Waals surface area contributed by atoms with Crippen LogP contribution in [0.5, 0.6) is 0 Å². The molecule has 0 bridgehead atoms. The minimum absolute atomic E-state index is 0.116. The first kappa shape index (κ1) is 16.3. The van der Waals surface area contributed by atoms with Crippen molar-refractivity contribution in [2.45, 2.75) is 45.1 Å². The van der Waals surface area contributed by atoms with Crippen LogP contribution in [0.1, 0.15) is 39.0 Å². The maximum Gasteiger partial charge on any atom is 0.227 e. The molecular formula is C16H29N3O2. The molecule has 1 unspecified atom stereocenters. The predicted molar refractivity (Wildman–Crippen MR) is 82.8 cm³/mol. The van der Waals surface area contributed by atoms with Crippen LogP contribution in [-0.4, -0.2) is 61.4 Å². The van der Waals surface area contributed by atoms with E-state index in [2.05, 4.69) is 12.2 Å². The zero-order valence-corrected chi connectivity index (χ0v) is 13.6. The molecule has 2 amide bonds. The van der Waals surface area contributed by atoms with Gasteiger partial charge in [-0.3, -0.25) is 9.59 Å². The molecule has 0 radical (unpaired) electrons. The van der Waals surface area contributed by atoms with E-state index in [0.29, 0.717) is 25.6 Å². The molecule has 1 N–H and O–H groups in total. The van der Waals surface area contributed by atoms with Gasteiger partial charge >= 0.3 is 0 Å². The fourth-order valence-corrected chi connectivity index (χ4v) is 3.51. The lowest BCUT2D eigenvalue weighted by Crippen LogP contribution is -2.41. The van der Waals surface area contributed by atoms with Gasteiger partial charge in [-0.2, -0.15) is 0 Å². The first-order valence-electron chi connectivity index (χ1n) is 8.22. The molecule has 1 heterocycles. The largest absolute Gasteiger partial charge is 0.344 e. The Morgan fingerprint density at radius 2 is 2.00 bits per heavy atom. The monoisotopic (exact) mass is 295 g/mol. The Kier molecular flexibility index (Phi) is 5.62.